The maximum Gasteiger partial charge on any atom is 0.171 e. The standard InChI is InChI=1S/C20H36N/c1-4-5-6-7-8-9-10-11-12-13-14-15-21-17-19(2)16-20(3)18-21/h16-18H,4-15H2,1-3H3/q+1. The monoisotopic (exact) mass is 290 g/mol. The van der Waals surface area contributed by atoms with E-state index in [1.807, 2.05) is 0 Å². The quantitative estimate of drug-likeness (QED) is 0.333. The number of hydrogen-bond acceptors (Lipinski definition) is 0. The van der Waals surface area contributed by atoms with Crippen LogP contribution in [-0.2, 0) is 6.54 Å². The van der Waals surface area contributed by atoms with Gasteiger partial charge in [0.2, 0.25) is 0 Å². The lowest BCUT2D eigenvalue weighted by Crippen LogP contribution is -2.33. The van der Waals surface area contributed by atoms with E-state index >= 15 is 0 Å². The second-order valence-electron chi connectivity index (χ2n) is 6.66. The fourth-order valence-electron chi connectivity index (χ4n) is 3.08. The predicted molar refractivity (Wildman–Crippen MR) is 92.6 cm³/mol. The van der Waals surface area contributed by atoms with Crippen LogP contribution in [0.25, 0.3) is 0 Å². The van der Waals surface area contributed by atoms with Gasteiger partial charge in [0.15, 0.2) is 12.4 Å². The second-order valence-corrected chi connectivity index (χ2v) is 6.66. The molecule has 120 valence electrons. The Labute approximate surface area is 132 Å². The number of aryl methyl sites for hydroxylation is 3. The number of nitrogens with zero attached hydrogens (tertiary/aromatic N) is 1. The van der Waals surface area contributed by atoms with E-state index in [0.29, 0.717) is 0 Å². The van der Waals surface area contributed by atoms with Crippen LogP contribution in [0.1, 0.15) is 88.7 Å². The molecule has 0 saturated heterocycles. The van der Waals surface area contributed by atoms with Crippen molar-refractivity contribution >= 4 is 0 Å². The van der Waals surface area contributed by atoms with Crippen molar-refractivity contribution < 1.29 is 4.57 Å². The van der Waals surface area contributed by atoms with Crippen molar-refractivity contribution in [2.24, 2.45) is 0 Å². The van der Waals surface area contributed by atoms with E-state index in [-0.39, 0.29) is 0 Å². The summed E-state index contributed by atoms with van der Waals surface area (Å²) >= 11 is 0. The first-order valence-electron chi connectivity index (χ1n) is 9.19. The van der Waals surface area contributed by atoms with Gasteiger partial charge in [-0.05, 0) is 26.3 Å². The predicted octanol–water partition coefficient (Wildman–Crippen LogP) is 5.90. The summed E-state index contributed by atoms with van der Waals surface area (Å²) < 4.78 is 2.36. The lowest BCUT2D eigenvalue weighted by molar-refractivity contribution is -0.698. The minimum atomic E-state index is 1.18. The van der Waals surface area contributed by atoms with Gasteiger partial charge in [-0.3, -0.25) is 0 Å². The van der Waals surface area contributed by atoms with E-state index in [4.69, 9.17) is 0 Å². The molecule has 0 aliphatic carbocycles. The third-order valence-electron chi connectivity index (χ3n) is 4.21. The SMILES string of the molecule is CCCCCCCCCCCCC[n+]1cc(C)cc(C)c1. The van der Waals surface area contributed by atoms with Crippen LogP contribution in [0.15, 0.2) is 18.5 Å². The highest BCUT2D eigenvalue weighted by atomic mass is 14.9. The van der Waals surface area contributed by atoms with Gasteiger partial charge < -0.3 is 0 Å². The minimum absolute atomic E-state index is 1.18. The molecule has 0 spiro atoms. The van der Waals surface area contributed by atoms with Gasteiger partial charge in [-0.25, -0.2) is 4.57 Å². The van der Waals surface area contributed by atoms with Crippen LogP contribution in [0.3, 0.4) is 0 Å². The Bertz CT molecular complexity index is 350. The Morgan fingerprint density at radius 1 is 0.667 bits per heavy atom. The molecule has 0 fully saturated rings. The maximum absolute atomic E-state index is 2.36. The summed E-state index contributed by atoms with van der Waals surface area (Å²) in [5.41, 5.74) is 2.75. The molecule has 21 heavy (non-hydrogen) atoms. The van der Waals surface area contributed by atoms with Gasteiger partial charge in [0.05, 0.1) is 0 Å². The van der Waals surface area contributed by atoms with Crippen LogP contribution >= 0.6 is 0 Å². The van der Waals surface area contributed by atoms with Crippen LogP contribution < -0.4 is 4.57 Å². The number of pyridine rings is 1. The van der Waals surface area contributed by atoms with E-state index in [9.17, 15) is 0 Å². The van der Waals surface area contributed by atoms with Crippen molar-refractivity contribution in [3.63, 3.8) is 0 Å². The van der Waals surface area contributed by atoms with Crippen LogP contribution in [-0.4, -0.2) is 0 Å². The molecule has 0 radical (unpaired) electrons. The van der Waals surface area contributed by atoms with Crippen molar-refractivity contribution in [1.29, 1.82) is 0 Å². The van der Waals surface area contributed by atoms with E-state index in [2.05, 4.69) is 43.8 Å². The molecule has 0 aliphatic heterocycles. The summed E-state index contributed by atoms with van der Waals surface area (Å²) in [6.07, 6.45) is 20.1. The number of aromatic nitrogens is 1. The summed E-state index contributed by atoms with van der Waals surface area (Å²) in [7, 11) is 0. The van der Waals surface area contributed by atoms with E-state index in [1.165, 1.54) is 88.3 Å². The minimum Gasteiger partial charge on any atom is -0.205 e. The zero-order valence-electron chi connectivity index (χ0n) is 14.7. The van der Waals surface area contributed by atoms with Crippen LogP contribution in [0.5, 0.6) is 0 Å². The zero-order valence-corrected chi connectivity index (χ0v) is 14.7. The molecule has 1 aromatic heterocycles. The fraction of sp³-hybridized carbons (Fsp3) is 0.750. The summed E-state index contributed by atoms with van der Waals surface area (Å²) in [4.78, 5) is 0. The Balaban J connectivity index is 1.93. The smallest absolute Gasteiger partial charge is 0.171 e. The van der Waals surface area contributed by atoms with Gasteiger partial charge in [0, 0.05) is 17.5 Å². The average molecular weight is 291 g/mol. The molecule has 0 N–H and O–H groups in total. The molecule has 0 aliphatic rings. The van der Waals surface area contributed by atoms with Gasteiger partial charge >= 0.3 is 0 Å². The second kappa shape index (κ2) is 11.8. The Morgan fingerprint density at radius 2 is 1.10 bits per heavy atom. The van der Waals surface area contributed by atoms with E-state index in [1.54, 1.807) is 0 Å². The van der Waals surface area contributed by atoms with Crippen molar-refractivity contribution in [2.45, 2.75) is 97.9 Å². The zero-order chi connectivity index (χ0) is 15.3. The van der Waals surface area contributed by atoms with Crippen LogP contribution in [0, 0.1) is 13.8 Å². The first kappa shape index (κ1) is 18.2. The third kappa shape index (κ3) is 9.66. The Morgan fingerprint density at radius 3 is 1.57 bits per heavy atom. The van der Waals surface area contributed by atoms with Gasteiger partial charge in [-0.1, -0.05) is 64.7 Å². The maximum atomic E-state index is 2.36. The number of rotatable bonds is 12. The number of hydrogen-bond donors (Lipinski definition) is 0. The highest BCUT2D eigenvalue weighted by Gasteiger charge is 2.02. The van der Waals surface area contributed by atoms with Crippen molar-refractivity contribution in [2.75, 3.05) is 0 Å². The molecule has 0 unspecified atom stereocenters. The molecule has 0 saturated carbocycles. The lowest BCUT2D eigenvalue weighted by Gasteiger charge is -2.02. The van der Waals surface area contributed by atoms with Crippen LogP contribution in [0.4, 0.5) is 0 Å². The molecule has 0 atom stereocenters. The molecule has 1 heterocycles. The highest BCUT2D eigenvalue weighted by molar-refractivity contribution is 5.11. The molecule has 0 bridgehead atoms. The van der Waals surface area contributed by atoms with Gasteiger partial charge in [-0.15, -0.1) is 0 Å². The van der Waals surface area contributed by atoms with E-state index < -0.39 is 0 Å². The summed E-state index contributed by atoms with van der Waals surface area (Å²) in [5.74, 6) is 0. The molecule has 0 amide bonds. The third-order valence-corrected chi connectivity index (χ3v) is 4.21. The normalized spacial score (nSPS) is 11.0. The largest absolute Gasteiger partial charge is 0.205 e. The molecule has 1 heteroatoms. The van der Waals surface area contributed by atoms with Crippen LogP contribution in [0.2, 0.25) is 0 Å². The van der Waals surface area contributed by atoms with Gasteiger partial charge in [0.25, 0.3) is 0 Å². The lowest BCUT2D eigenvalue weighted by atomic mass is 10.1. The molecular weight excluding hydrogens is 254 g/mol. The summed E-state index contributed by atoms with van der Waals surface area (Å²) in [5, 5.41) is 0. The number of unbranched alkanes of at least 4 members (excludes halogenated alkanes) is 10. The fourth-order valence-corrected chi connectivity index (χ4v) is 3.08. The summed E-state index contributed by atoms with van der Waals surface area (Å²) in [6.45, 7) is 7.84. The van der Waals surface area contributed by atoms with Crippen molar-refractivity contribution in [3.8, 4) is 0 Å². The molecule has 0 aromatic carbocycles. The first-order valence-corrected chi connectivity index (χ1v) is 9.19. The molecule has 1 aromatic rings. The van der Waals surface area contributed by atoms with Crippen molar-refractivity contribution in [3.05, 3.63) is 29.6 Å². The van der Waals surface area contributed by atoms with E-state index in [0.717, 1.165) is 0 Å². The molecular formula is C20H36N+. The van der Waals surface area contributed by atoms with Crippen molar-refractivity contribution in [1.82, 2.24) is 0 Å². The highest BCUT2D eigenvalue weighted by Crippen LogP contribution is 2.11. The van der Waals surface area contributed by atoms with Gasteiger partial charge in [0.1, 0.15) is 6.54 Å². The summed E-state index contributed by atoms with van der Waals surface area (Å²) in [6, 6.07) is 2.25. The topological polar surface area (TPSA) is 3.88 Å². The molecule has 1 nitrogen and oxygen atoms in total. The average Bonchev–Trinajstić information content (AvgIpc) is 2.44. The molecule has 1 rings (SSSR count). The first-order chi connectivity index (χ1) is 10.2. The van der Waals surface area contributed by atoms with Gasteiger partial charge in [-0.2, -0.15) is 0 Å². The Kier molecular flexibility index (Phi) is 10.2. The Hall–Kier alpha value is -0.850.